The minimum atomic E-state index is -0.525. The van der Waals surface area contributed by atoms with Crippen LogP contribution in [-0.4, -0.2) is 6.04 Å². The van der Waals surface area contributed by atoms with Crippen molar-refractivity contribution in [3.63, 3.8) is 0 Å². The van der Waals surface area contributed by atoms with Crippen LogP contribution in [0.5, 0.6) is 0 Å². The van der Waals surface area contributed by atoms with Gasteiger partial charge < -0.3 is 5.32 Å². The Morgan fingerprint density at radius 2 is 1.84 bits per heavy atom. The molecule has 0 aliphatic carbocycles. The molecule has 1 unspecified atom stereocenters. The summed E-state index contributed by atoms with van der Waals surface area (Å²) in [6.45, 7) is 0.809. The van der Waals surface area contributed by atoms with E-state index in [1.165, 1.54) is 23.3 Å². The van der Waals surface area contributed by atoms with Crippen LogP contribution < -0.4 is 5.32 Å². The monoisotopic (exact) mass is 259 g/mol. The second-order valence-electron chi connectivity index (χ2n) is 4.99. The van der Waals surface area contributed by atoms with Crippen LogP contribution in [0.4, 0.5) is 8.78 Å². The third kappa shape index (κ3) is 2.66. The Morgan fingerprint density at radius 1 is 1.05 bits per heavy atom. The number of hydrogen-bond acceptors (Lipinski definition) is 1. The lowest BCUT2D eigenvalue weighted by Gasteiger charge is -2.26. The van der Waals surface area contributed by atoms with E-state index in [1.807, 2.05) is 12.1 Å². The topological polar surface area (TPSA) is 12.0 Å². The lowest BCUT2D eigenvalue weighted by molar-refractivity contribution is 0.466. The van der Waals surface area contributed by atoms with Gasteiger partial charge in [-0.2, -0.15) is 0 Å². The molecule has 1 aliphatic rings. The molecule has 2 aromatic carbocycles. The van der Waals surface area contributed by atoms with E-state index >= 15 is 0 Å². The average Bonchev–Trinajstić information content (AvgIpc) is 2.42. The summed E-state index contributed by atoms with van der Waals surface area (Å²) in [6.07, 6.45) is 1.47. The molecule has 1 nitrogen and oxygen atoms in total. The average molecular weight is 259 g/mol. The molecule has 0 spiro atoms. The summed E-state index contributed by atoms with van der Waals surface area (Å²) in [4.78, 5) is 0. The van der Waals surface area contributed by atoms with Crippen LogP contribution in [0.25, 0.3) is 0 Å². The van der Waals surface area contributed by atoms with Crippen molar-refractivity contribution in [2.24, 2.45) is 0 Å². The Morgan fingerprint density at radius 3 is 2.63 bits per heavy atom. The van der Waals surface area contributed by atoms with Crippen LogP contribution in [0, 0.1) is 11.6 Å². The van der Waals surface area contributed by atoms with Gasteiger partial charge in [-0.3, -0.25) is 0 Å². The van der Waals surface area contributed by atoms with Gasteiger partial charge in [-0.25, -0.2) is 8.78 Å². The fraction of sp³-hybridized carbons (Fsp3) is 0.250. The molecule has 0 fully saturated rings. The third-order valence-electron chi connectivity index (χ3n) is 3.65. The zero-order chi connectivity index (χ0) is 13.2. The highest BCUT2D eigenvalue weighted by atomic mass is 19.1. The van der Waals surface area contributed by atoms with Gasteiger partial charge in [0.15, 0.2) is 0 Å². The van der Waals surface area contributed by atoms with Crippen LogP contribution >= 0.6 is 0 Å². The molecule has 1 atom stereocenters. The van der Waals surface area contributed by atoms with E-state index in [4.69, 9.17) is 0 Å². The van der Waals surface area contributed by atoms with E-state index in [9.17, 15) is 8.78 Å². The number of halogens is 2. The molecule has 3 rings (SSSR count). The maximum atomic E-state index is 13.6. The van der Waals surface area contributed by atoms with Gasteiger partial charge in [0.25, 0.3) is 0 Å². The van der Waals surface area contributed by atoms with E-state index in [-0.39, 0.29) is 6.04 Å². The molecule has 1 N–H and O–H groups in total. The van der Waals surface area contributed by atoms with E-state index in [1.54, 1.807) is 0 Å². The van der Waals surface area contributed by atoms with Gasteiger partial charge in [0.05, 0.1) is 0 Å². The second kappa shape index (κ2) is 5.10. The van der Waals surface area contributed by atoms with Crippen LogP contribution in [0.3, 0.4) is 0 Å². The first-order chi connectivity index (χ1) is 9.22. The molecule has 0 aromatic heterocycles. The van der Waals surface area contributed by atoms with Crippen LogP contribution in [0.15, 0.2) is 42.5 Å². The first-order valence-electron chi connectivity index (χ1n) is 6.46. The summed E-state index contributed by atoms with van der Waals surface area (Å²) in [7, 11) is 0. The Bertz CT molecular complexity index is 595. The fourth-order valence-electron chi connectivity index (χ4n) is 2.62. The van der Waals surface area contributed by atoms with Gasteiger partial charge in [0.2, 0.25) is 0 Å². The summed E-state index contributed by atoms with van der Waals surface area (Å²) in [5.41, 5.74) is 3.19. The van der Waals surface area contributed by atoms with E-state index in [0.29, 0.717) is 12.0 Å². The molecule has 0 bridgehead atoms. The Balaban J connectivity index is 1.75. The lowest BCUT2D eigenvalue weighted by atomic mass is 9.92. The minimum Gasteiger partial charge on any atom is -0.309 e. The highest BCUT2D eigenvalue weighted by molar-refractivity contribution is 5.31. The number of hydrogen-bond donors (Lipinski definition) is 1. The molecule has 98 valence electrons. The van der Waals surface area contributed by atoms with Gasteiger partial charge in [0.1, 0.15) is 11.6 Å². The molecule has 0 amide bonds. The normalized spacial score (nSPS) is 18.1. The van der Waals surface area contributed by atoms with E-state index in [2.05, 4.69) is 17.4 Å². The summed E-state index contributed by atoms with van der Waals surface area (Å²) in [5, 5.41) is 3.41. The largest absolute Gasteiger partial charge is 0.309 e. The smallest absolute Gasteiger partial charge is 0.129 e. The van der Waals surface area contributed by atoms with Crippen LogP contribution in [0.1, 0.15) is 16.7 Å². The van der Waals surface area contributed by atoms with Crippen molar-refractivity contribution in [2.45, 2.75) is 25.4 Å². The standard InChI is InChI=1S/C16H15F2N/c17-14-6-5-12(16(18)9-14)8-15-7-11-3-1-2-4-13(11)10-19-15/h1-6,9,15,19H,7-8,10H2. The molecule has 0 radical (unpaired) electrons. The third-order valence-corrected chi connectivity index (χ3v) is 3.65. The van der Waals surface area contributed by atoms with Gasteiger partial charge in [-0.15, -0.1) is 0 Å². The van der Waals surface area contributed by atoms with E-state index in [0.717, 1.165) is 19.0 Å². The van der Waals surface area contributed by atoms with Crippen molar-refractivity contribution in [1.82, 2.24) is 5.32 Å². The summed E-state index contributed by atoms with van der Waals surface area (Å²) in [6, 6.07) is 12.3. The van der Waals surface area contributed by atoms with Gasteiger partial charge in [-0.05, 0) is 35.6 Å². The Hall–Kier alpha value is -1.74. The van der Waals surface area contributed by atoms with Gasteiger partial charge >= 0.3 is 0 Å². The molecule has 2 aromatic rings. The molecule has 19 heavy (non-hydrogen) atoms. The minimum absolute atomic E-state index is 0.204. The van der Waals surface area contributed by atoms with Crippen LogP contribution in [0.2, 0.25) is 0 Å². The van der Waals surface area contributed by atoms with Crippen molar-refractivity contribution in [3.8, 4) is 0 Å². The number of fused-ring (bicyclic) bond motifs is 1. The molecule has 1 aliphatic heterocycles. The molecule has 1 heterocycles. The highest BCUT2D eigenvalue weighted by Crippen LogP contribution is 2.20. The number of nitrogens with one attached hydrogen (secondary N) is 1. The number of rotatable bonds is 2. The summed E-state index contributed by atoms with van der Waals surface area (Å²) >= 11 is 0. The quantitative estimate of drug-likeness (QED) is 0.873. The molecule has 0 saturated carbocycles. The van der Waals surface area contributed by atoms with Gasteiger partial charge in [-0.1, -0.05) is 30.3 Å². The summed E-state index contributed by atoms with van der Waals surface area (Å²) in [5.74, 6) is -0.983. The zero-order valence-electron chi connectivity index (χ0n) is 10.5. The highest BCUT2D eigenvalue weighted by Gasteiger charge is 2.19. The van der Waals surface area contributed by atoms with Crippen molar-refractivity contribution < 1.29 is 8.78 Å². The first kappa shape index (κ1) is 12.3. The molecular formula is C16H15F2N. The summed E-state index contributed by atoms with van der Waals surface area (Å²) < 4.78 is 26.5. The number of benzene rings is 2. The maximum absolute atomic E-state index is 13.6. The lowest BCUT2D eigenvalue weighted by Crippen LogP contribution is -2.37. The predicted octanol–water partition coefficient (Wildman–Crippen LogP) is 3.22. The maximum Gasteiger partial charge on any atom is 0.129 e. The van der Waals surface area contributed by atoms with Crippen molar-refractivity contribution in [2.75, 3.05) is 0 Å². The predicted molar refractivity (Wildman–Crippen MR) is 70.8 cm³/mol. The fourth-order valence-corrected chi connectivity index (χ4v) is 2.62. The van der Waals surface area contributed by atoms with Crippen molar-refractivity contribution >= 4 is 0 Å². The van der Waals surface area contributed by atoms with Crippen molar-refractivity contribution in [3.05, 3.63) is 70.8 Å². The first-order valence-corrected chi connectivity index (χ1v) is 6.46. The van der Waals surface area contributed by atoms with E-state index < -0.39 is 11.6 Å². The Kier molecular flexibility index (Phi) is 3.30. The molecule has 3 heteroatoms. The van der Waals surface area contributed by atoms with Crippen molar-refractivity contribution in [1.29, 1.82) is 0 Å². The van der Waals surface area contributed by atoms with Gasteiger partial charge in [0, 0.05) is 18.7 Å². The second-order valence-corrected chi connectivity index (χ2v) is 4.99. The SMILES string of the molecule is Fc1ccc(CC2Cc3ccccc3CN2)c(F)c1. The molecule has 0 saturated heterocycles. The zero-order valence-corrected chi connectivity index (χ0v) is 10.5. The molecular weight excluding hydrogens is 244 g/mol. The van der Waals surface area contributed by atoms with Crippen LogP contribution in [-0.2, 0) is 19.4 Å². The Labute approximate surface area is 111 Å².